The molecule has 0 spiro atoms. The van der Waals surface area contributed by atoms with Gasteiger partial charge in [0.2, 0.25) is 5.78 Å². The molecule has 1 aromatic heterocycles. The third-order valence-electron chi connectivity index (χ3n) is 5.62. The van der Waals surface area contributed by atoms with Gasteiger partial charge in [0.15, 0.2) is 22.9 Å². The number of fused-ring (bicyclic) bond motifs is 1. The number of amides is 1. The highest BCUT2D eigenvalue weighted by Gasteiger charge is 2.44. The number of hydrogen-bond acceptors (Lipinski definition) is 7. The van der Waals surface area contributed by atoms with Crippen molar-refractivity contribution in [2.24, 2.45) is 0 Å². The second kappa shape index (κ2) is 10.2. The minimum Gasteiger partial charge on any atom is -0.503 e. The highest BCUT2D eigenvalue weighted by molar-refractivity contribution is 6.31. The van der Waals surface area contributed by atoms with E-state index < -0.39 is 23.5 Å². The fourth-order valence-electron chi connectivity index (χ4n) is 4.06. The van der Waals surface area contributed by atoms with Gasteiger partial charge in [0.25, 0.3) is 5.91 Å². The van der Waals surface area contributed by atoms with E-state index in [0.29, 0.717) is 33.1 Å². The van der Waals surface area contributed by atoms with Crippen LogP contribution >= 0.6 is 11.6 Å². The first-order valence-electron chi connectivity index (χ1n) is 10.8. The zero-order valence-electron chi connectivity index (χ0n) is 19.2. The molecule has 3 aromatic rings. The Morgan fingerprint density at radius 1 is 1.26 bits per heavy atom. The number of aliphatic hydroxyl groups is 1. The minimum atomic E-state index is -0.879. The molecule has 0 saturated heterocycles. The van der Waals surface area contributed by atoms with E-state index in [1.165, 1.54) is 25.2 Å². The van der Waals surface area contributed by atoms with Crippen LogP contribution in [0.1, 0.15) is 22.2 Å². The molecular weight excluding hydrogens is 474 g/mol. The molecule has 1 aliphatic heterocycles. The smallest absolute Gasteiger partial charge is 0.290 e. The summed E-state index contributed by atoms with van der Waals surface area (Å²) < 4.78 is 21.9. The zero-order valence-corrected chi connectivity index (χ0v) is 20.0. The molecule has 0 saturated carbocycles. The SMILES string of the molecule is C=CCOc1cccc(C2C(C(=O)c3cc4cc(Cl)cc(OC)c4o3)=C(O)C(=O)N2CCOC)c1. The molecular formula is C26H24ClNO7. The lowest BCUT2D eigenvalue weighted by atomic mass is 9.95. The number of carbonyl (C=O) groups excluding carboxylic acids is 2. The first kappa shape index (κ1) is 24.4. The predicted octanol–water partition coefficient (Wildman–Crippen LogP) is 4.88. The summed E-state index contributed by atoms with van der Waals surface area (Å²) in [6, 6.07) is 10.8. The summed E-state index contributed by atoms with van der Waals surface area (Å²) in [5, 5.41) is 11.8. The van der Waals surface area contributed by atoms with Gasteiger partial charge < -0.3 is 28.6 Å². The molecule has 0 bridgehead atoms. The Morgan fingerprint density at radius 3 is 2.77 bits per heavy atom. The van der Waals surface area contributed by atoms with E-state index in [-0.39, 0.29) is 31.1 Å². The lowest BCUT2D eigenvalue weighted by Crippen LogP contribution is -2.34. The van der Waals surface area contributed by atoms with Crippen LogP contribution in [0.5, 0.6) is 11.5 Å². The summed E-state index contributed by atoms with van der Waals surface area (Å²) in [4.78, 5) is 28.1. The van der Waals surface area contributed by atoms with Crippen LogP contribution in [0.15, 0.2) is 70.9 Å². The summed E-state index contributed by atoms with van der Waals surface area (Å²) in [7, 11) is 2.97. The summed E-state index contributed by atoms with van der Waals surface area (Å²) in [6.07, 6.45) is 1.61. The van der Waals surface area contributed by atoms with Crippen molar-refractivity contribution in [2.75, 3.05) is 34.0 Å². The van der Waals surface area contributed by atoms with E-state index in [9.17, 15) is 14.7 Å². The Morgan fingerprint density at radius 2 is 2.06 bits per heavy atom. The normalized spacial score (nSPS) is 15.7. The molecule has 1 atom stereocenters. The Labute approximate surface area is 206 Å². The number of rotatable bonds is 10. The molecule has 2 aromatic carbocycles. The summed E-state index contributed by atoms with van der Waals surface area (Å²) >= 11 is 6.15. The molecule has 1 N–H and O–H groups in total. The van der Waals surface area contributed by atoms with Gasteiger partial charge in [-0.05, 0) is 29.8 Å². The number of halogens is 1. The third kappa shape index (κ3) is 4.62. The molecule has 8 nitrogen and oxygen atoms in total. The number of benzene rings is 2. The van der Waals surface area contributed by atoms with Crippen LogP contribution in [-0.4, -0.2) is 55.7 Å². The van der Waals surface area contributed by atoms with Gasteiger partial charge in [-0.25, -0.2) is 0 Å². The van der Waals surface area contributed by atoms with E-state index in [1.807, 2.05) is 0 Å². The maximum atomic E-state index is 13.7. The van der Waals surface area contributed by atoms with Gasteiger partial charge in [-0.3, -0.25) is 9.59 Å². The van der Waals surface area contributed by atoms with Crippen molar-refractivity contribution in [3.05, 3.63) is 82.8 Å². The molecule has 35 heavy (non-hydrogen) atoms. The standard InChI is InChI=1S/C26H24ClNO7/c1-4-9-34-18-7-5-6-15(12-18)22-21(24(30)26(31)28(22)8-10-32-2)23(29)19-13-16-11-17(27)14-20(33-3)25(16)35-19/h4-7,11-14,22,30H,1,8-10H2,2-3H3. The number of Topliss-reactive ketones (excluding diaryl/α,β-unsaturated/α-hetero) is 1. The van der Waals surface area contributed by atoms with Gasteiger partial charge >= 0.3 is 0 Å². The van der Waals surface area contributed by atoms with E-state index >= 15 is 0 Å². The quantitative estimate of drug-likeness (QED) is 0.314. The van der Waals surface area contributed by atoms with Crippen LogP contribution in [-0.2, 0) is 9.53 Å². The van der Waals surface area contributed by atoms with Crippen molar-refractivity contribution in [1.82, 2.24) is 4.90 Å². The van der Waals surface area contributed by atoms with Crippen LogP contribution in [0.4, 0.5) is 0 Å². The fourth-order valence-corrected chi connectivity index (χ4v) is 4.28. The average Bonchev–Trinajstić information content (AvgIpc) is 3.39. The number of ether oxygens (including phenoxy) is 3. The summed E-state index contributed by atoms with van der Waals surface area (Å²) in [5.74, 6) is -1.12. The minimum absolute atomic E-state index is 0.0624. The predicted molar refractivity (Wildman–Crippen MR) is 130 cm³/mol. The average molecular weight is 498 g/mol. The summed E-state index contributed by atoms with van der Waals surface area (Å²) in [5.41, 5.74) is 0.813. The number of furan rings is 1. The van der Waals surface area contributed by atoms with Gasteiger partial charge in [0.05, 0.1) is 25.3 Å². The molecule has 182 valence electrons. The fraction of sp³-hybridized carbons (Fsp3) is 0.231. The van der Waals surface area contributed by atoms with E-state index in [4.69, 9.17) is 30.2 Å². The van der Waals surface area contributed by atoms with Crippen molar-refractivity contribution in [2.45, 2.75) is 6.04 Å². The Bertz CT molecular complexity index is 1330. The topological polar surface area (TPSA) is 98.4 Å². The monoisotopic (exact) mass is 497 g/mol. The Kier molecular flexibility index (Phi) is 7.14. The number of aliphatic hydroxyl groups excluding tert-OH is 1. The zero-order chi connectivity index (χ0) is 25.1. The molecule has 9 heteroatoms. The van der Waals surface area contributed by atoms with Gasteiger partial charge in [0.1, 0.15) is 12.4 Å². The van der Waals surface area contributed by atoms with Crippen molar-refractivity contribution >= 4 is 34.3 Å². The number of hydrogen-bond donors (Lipinski definition) is 1. The van der Waals surface area contributed by atoms with Gasteiger partial charge in [-0.1, -0.05) is 36.4 Å². The molecule has 0 aliphatic carbocycles. The van der Waals surface area contributed by atoms with Gasteiger partial charge in [-0.2, -0.15) is 0 Å². The van der Waals surface area contributed by atoms with Crippen molar-refractivity contribution in [1.29, 1.82) is 0 Å². The molecule has 1 amide bonds. The van der Waals surface area contributed by atoms with Crippen LogP contribution in [0.2, 0.25) is 5.02 Å². The molecule has 2 heterocycles. The van der Waals surface area contributed by atoms with E-state index in [2.05, 4.69) is 6.58 Å². The highest BCUT2D eigenvalue weighted by Crippen LogP contribution is 2.41. The lowest BCUT2D eigenvalue weighted by molar-refractivity contribution is -0.130. The molecule has 0 fully saturated rings. The largest absolute Gasteiger partial charge is 0.503 e. The molecule has 1 unspecified atom stereocenters. The van der Waals surface area contributed by atoms with Crippen LogP contribution in [0.3, 0.4) is 0 Å². The van der Waals surface area contributed by atoms with Crippen molar-refractivity contribution in [3.8, 4) is 11.5 Å². The third-order valence-corrected chi connectivity index (χ3v) is 5.84. The van der Waals surface area contributed by atoms with Crippen LogP contribution < -0.4 is 9.47 Å². The molecule has 4 rings (SSSR count). The second-order valence-electron chi connectivity index (χ2n) is 7.79. The van der Waals surface area contributed by atoms with Crippen LogP contribution in [0.25, 0.3) is 11.0 Å². The number of carbonyl (C=O) groups is 2. The van der Waals surface area contributed by atoms with E-state index in [1.54, 1.807) is 42.5 Å². The molecule has 0 radical (unpaired) electrons. The maximum Gasteiger partial charge on any atom is 0.290 e. The Balaban J connectivity index is 1.80. The number of ketones is 1. The first-order valence-corrected chi connectivity index (χ1v) is 11.2. The van der Waals surface area contributed by atoms with Gasteiger partial charge in [0, 0.05) is 30.1 Å². The first-order chi connectivity index (χ1) is 16.9. The Hall–Kier alpha value is -3.75. The summed E-state index contributed by atoms with van der Waals surface area (Å²) in [6.45, 7) is 4.30. The second-order valence-corrected chi connectivity index (χ2v) is 8.23. The number of nitrogens with zero attached hydrogens (tertiary/aromatic N) is 1. The van der Waals surface area contributed by atoms with Crippen molar-refractivity contribution in [3.63, 3.8) is 0 Å². The van der Waals surface area contributed by atoms with Crippen molar-refractivity contribution < 1.29 is 33.3 Å². The lowest BCUT2D eigenvalue weighted by Gasteiger charge is -2.26. The number of methoxy groups -OCH3 is 2. The van der Waals surface area contributed by atoms with Crippen LogP contribution in [0, 0.1) is 0 Å². The highest BCUT2D eigenvalue weighted by atomic mass is 35.5. The van der Waals surface area contributed by atoms with Gasteiger partial charge in [-0.15, -0.1) is 0 Å². The molecule has 1 aliphatic rings. The maximum absolute atomic E-state index is 13.7. The van der Waals surface area contributed by atoms with E-state index in [0.717, 1.165) is 0 Å².